The van der Waals surface area contributed by atoms with Gasteiger partial charge in [0.25, 0.3) is 11.8 Å². The molecule has 1 aliphatic rings. The summed E-state index contributed by atoms with van der Waals surface area (Å²) in [6.45, 7) is 0.811. The highest BCUT2D eigenvalue weighted by Crippen LogP contribution is 2.29. The Kier molecular flexibility index (Phi) is 6.31. The molecule has 0 saturated heterocycles. The molecule has 2 N–H and O–H groups in total. The third-order valence-electron chi connectivity index (χ3n) is 4.44. The van der Waals surface area contributed by atoms with Crippen molar-refractivity contribution in [1.29, 1.82) is 0 Å². The van der Waals surface area contributed by atoms with E-state index in [0.29, 0.717) is 17.1 Å². The molecule has 3 rings (SSSR count). The van der Waals surface area contributed by atoms with Crippen LogP contribution in [0.5, 0.6) is 5.75 Å². The lowest BCUT2D eigenvalue weighted by molar-refractivity contribution is -0.152. The maximum Gasteiger partial charge on any atom is 0.326 e. The molecule has 3 amide bonds. The van der Waals surface area contributed by atoms with E-state index in [1.807, 2.05) is 0 Å². The van der Waals surface area contributed by atoms with Crippen LogP contribution in [-0.4, -0.2) is 50.0 Å². The van der Waals surface area contributed by atoms with Crippen LogP contribution in [0.4, 0.5) is 11.4 Å². The zero-order chi connectivity index (χ0) is 21.7. The van der Waals surface area contributed by atoms with Crippen LogP contribution in [0.15, 0.2) is 48.5 Å². The van der Waals surface area contributed by atoms with E-state index in [1.54, 1.807) is 48.5 Å². The van der Waals surface area contributed by atoms with Gasteiger partial charge in [-0.3, -0.25) is 24.1 Å². The highest BCUT2D eigenvalue weighted by atomic mass is 16.5. The Bertz CT molecular complexity index is 990. The first-order valence-electron chi connectivity index (χ1n) is 9.21. The third kappa shape index (κ3) is 4.57. The molecule has 0 aliphatic carbocycles. The number of amides is 3. The Morgan fingerprint density at radius 1 is 1.13 bits per heavy atom. The fraction of sp³-hybridized carbons (Fsp3) is 0.238. The molecule has 1 aliphatic heterocycles. The topological polar surface area (TPSA) is 114 Å². The van der Waals surface area contributed by atoms with Crippen LogP contribution in [0, 0.1) is 0 Å². The van der Waals surface area contributed by atoms with Gasteiger partial charge in [-0.25, -0.2) is 0 Å². The third-order valence-corrected chi connectivity index (χ3v) is 4.44. The van der Waals surface area contributed by atoms with E-state index in [0.717, 1.165) is 0 Å². The molecule has 0 fully saturated rings. The number of benzene rings is 2. The molecular weight excluding hydrogens is 390 g/mol. The van der Waals surface area contributed by atoms with E-state index in [2.05, 4.69) is 10.6 Å². The van der Waals surface area contributed by atoms with Crippen LogP contribution >= 0.6 is 0 Å². The molecule has 0 bridgehead atoms. The molecule has 0 radical (unpaired) electrons. The van der Waals surface area contributed by atoms with Crippen LogP contribution in [0.1, 0.15) is 17.3 Å². The number of nitrogens with zero attached hydrogens (tertiary/aromatic N) is 1. The van der Waals surface area contributed by atoms with Crippen molar-refractivity contribution >= 4 is 35.1 Å². The summed E-state index contributed by atoms with van der Waals surface area (Å²) in [4.78, 5) is 50.3. The second-order valence-corrected chi connectivity index (χ2v) is 6.50. The van der Waals surface area contributed by atoms with Crippen LogP contribution in [0.2, 0.25) is 0 Å². The van der Waals surface area contributed by atoms with Gasteiger partial charge in [0, 0.05) is 0 Å². The van der Waals surface area contributed by atoms with Crippen LogP contribution in [0.3, 0.4) is 0 Å². The number of carbonyl (C=O) groups excluding carboxylic acids is 4. The van der Waals surface area contributed by atoms with Gasteiger partial charge >= 0.3 is 5.97 Å². The summed E-state index contributed by atoms with van der Waals surface area (Å²) in [5.74, 6) is -1.81. The number of esters is 1. The SMILES string of the molecule is COc1ccccc1C(=O)NCC(=O)O[C@H](C)C(=O)N1CC(=O)Nc2ccccc21. The lowest BCUT2D eigenvalue weighted by Gasteiger charge is -2.30. The van der Waals surface area contributed by atoms with Gasteiger partial charge in [-0.1, -0.05) is 24.3 Å². The quantitative estimate of drug-likeness (QED) is 0.694. The number of rotatable bonds is 6. The molecule has 2 aromatic rings. The summed E-state index contributed by atoms with van der Waals surface area (Å²) in [5.41, 5.74) is 1.30. The van der Waals surface area contributed by atoms with Crippen molar-refractivity contribution in [2.45, 2.75) is 13.0 Å². The number of hydrogen-bond acceptors (Lipinski definition) is 6. The van der Waals surface area contributed by atoms with Crippen molar-refractivity contribution in [2.24, 2.45) is 0 Å². The van der Waals surface area contributed by atoms with Crippen molar-refractivity contribution in [1.82, 2.24) is 5.32 Å². The van der Waals surface area contributed by atoms with E-state index in [9.17, 15) is 19.2 Å². The summed E-state index contributed by atoms with van der Waals surface area (Å²) in [5, 5.41) is 5.12. The normalized spacial score (nSPS) is 13.5. The van der Waals surface area contributed by atoms with E-state index < -0.39 is 30.4 Å². The summed E-state index contributed by atoms with van der Waals surface area (Å²) in [6.07, 6.45) is -1.14. The molecule has 0 unspecified atom stereocenters. The standard InChI is InChI=1S/C21H21N3O6/c1-13(21(28)24-12-18(25)23-15-8-4-5-9-16(15)24)30-19(26)11-22-20(27)14-7-3-6-10-17(14)29-2/h3-10,13H,11-12H2,1-2H3,(H,22,27)(H,23,25)/t13-/m1/s1. The van der Waals surface area contributed by atoms with Gasteiger partial charge in [-0.15, -0.1) is 0 Å². The average Bonchev–Trinajstić information content (AvgIpc) is 2.76. The summed E-state index contributed by atoms with van der Waals surface area (Å²) in [7, 11) is 1.44. The lowest BCUT2D eigenvalue weighted by atomic mass is 10.1. The molecule has 0 saturated carbocycles. The molecule has 1 atom stereocenters. The second-order valence-electron chi connectivity index (χ2n) is 6.50. The van der Waals surface area contributed by atoms with Crippen LogP contribution in [0.25, 0.3) is 0 Å². The van der Waals surface area contributed by atoms with E-state index in [1.165, 1.54) is 18.9 Å². The minimum absolute atomic E-state index is 0.178. The van der Waals surface area contributed by atoms with Gasteiger partial charge in [-0.05, 0) is 31.2 Å². The van der Waals surface area contributed by atoms with E-state index in [-0.39, 0.29) is 18.0 Å². The smallest absolute Gasteiger partial charge is 0.326 e. The Hall–Kier alpha value is -3.88. The minimum Gasteiger partial charge on any atom is -0.496 e. The molecule has 30 heavy (non-hydrogen) atoms. The molecule has 9 nitrogen and oxygen atoms in total. The first-order chi connectivity index (χ1) is 14.4. The van der Waals surface area contributed by atoms with Gasteiger partial charge in [0.1, 0.15) is 18.8 Å². The van der Waals surface area contributed by atoms with Gasteiger partial charge in [0.05, 0.1) is 24.0 Å². The highest BCUT2D eigenvalue weighted by molar-refractivity contribution is 6.11. The average molecular weight is 411 g/mol. The summed E-state index contributed by atoms with van der Waals surface area (Å²) >= 11 is 0. The van der Waals surface area contributed by atoms with Crippen molar-refractivity contribution in [2.75, 3.05) is 30.4 Å². The van der Waals surface area contributed by atoms with Crippen molar-refractivity contribution in [3.05, 3.63) is 54.1 Å². The zero-order valence-electron chi connectivity index (χ0n) is 16.5. The first kappa shape index (κ1) is 20.8. The predicted molar refractivity (Wildman–Crippen MR) is 108 cm³/mol. The number of fused-ring (bicyclic) bond motifs is 1. The molecule has 0 aromatic heterocycles. The van der Waals surface area contributed by atoms with Gasteiger partial charge in [0.2, 0.25) is 5.91 Å². The maximum atomic E-state index is 12.7. The van der Waals surface area contributed by atoms with Crippen LogP contribution < -0.4 is 20.3 Å². The van der Waals surface area contributed by atoms with Gasteiger partial charge in [-0.2, -0.15) is 0 Å². The van der Waals surface area contributed by atoms with E-state index in [4.69, 9.17) is 9.47 Å². The fourth-order valence-corrected chi connectivity index (χ4v) is 3.02. The molecule has 9 heteroatoms. The first-order valence-corrected chi connectivity index (χ1v) is 9.21. The number of methoxy groups -OCH3 is 1. The van der Waals surface area contributed by atoms with Gasteiger partial charge < -0.3 is 20.1 Å². The predicted octanol–water partition coefficient (Wildman–Crippen LogP) is 1.34. The van der Waals surface area contributed by atoms with Crippen molar-refractivity contribution < 1.29 is 28.7 Å². The highest BCUT2D eigenvalue weighted by Gasteiger charge is 2.31. The molecule has 156 valence electrons. The molecule has 2 aromatic carbocycles. The Morgan fingerprint density at radius 3 is 2.60 bits per heavy atom. The fourth-order valence-electron chi connectivity index (χ4n) is 3.02. The van der Waals surface area contributed by atoms with Crippen molar-refractivity contribution in [3.8, 4) is 5.75 Å². The van der Waals surface area contributed by atoms with Crippen LogP contribution in [-0.2, 0) is 19.1 Å². The monoisotopic (exact) mass is 411 g/mol. The number of anilines is 2. The second kappa shape index (κ2) is 9.08. The molecule has 0 spiro atoms. The number of ether oxygens (including phenoxy) is 2. The van der Waals surface area contributed by atoms with Crippen molar-refractivity contribution in [3.63, 3.8) is 0 Å². The summed E-state index contributed by atoms with van der Waals surface area (Å²) < 4.78 is 10.3. The maximum absolute atomic E-state index is 12.7. The Labute approximate surface area is 172 Å². The van der Waals surface area contributed by atoms with E-state index >= 15 is 0 Å². The minimum atomic E-state index is -1.14. The number of para-hydroxylation sites is 3. The Balaban J connectivity index is 1.59. The number of carbonyl (C=O) groups is 4. The molecular formula is C21H21N3O6. The Morgan fingerprint density at radius 2 is 1.83 bits per heavy atom. The van der Waals surface area contributed by atoms with Gasteiger partial charge in [0.15, 0.2) is 6.10 Å². The largest absolute Gasteiger partial charge is 0.496 e. The number of hydrogen-bond donors (Lipinski definition) is 2. The summed E-state index contributed by atoms with van der Waals surface area (Å²) in [6, 6.07) is 13.4. The zero-order valence-corrected chi connectivity index (χ0v) is 16.5. The lowest BCUT2D eigenvalue weighted by Crippen LogP contribution is -2.47. The number of nitrogens with one attached hydrogen (secondary N) is 2. The molecule has 1 heterocycles.